The Labute approximate surface area is 196 Å². The lowest BCUT2D eigenvalue weighted by Crippen LogP contribution is -2.52. The molecule has 0 saturated heterocycles. The van der Waals surface area contributed by atoms with Crippen molar-refractivity contribution in [2.45, 2.75) is 65.3 Å². The molecule has 2 aromatic rings. The smallest absolute Gasteiger partial charge is 0.419 e. The zero-order valence-electron chi connectivity index (χ0n) is 19.5. The highest BCUT2D eigenvalue weighted by Crippen LogP contribution is 2.39. The number of benzene rings is 1. The summed E-state index contributed by atoms with van der Waals surface area (Å²) in [6.07, 6.45) is -3.70. The summed E-state index contributed by atoms with van der Waals surface area (Å²) < 4.78 is 52.4. The van der Waals surface area contributed by atoms with E-state index in [1.165, 1.54) is 24.5 Å². The Morgan fingerprint density at radius 3 is 2.33 bits per heavy atom. The van der Waals surface area contributed by atoms with Crippen LogP contribution in [0.1, 0.15) is 53.5 Å². The van der Waals surface area contributed by atoms with Gasteiger partial charge in [0, 0.05) is 11.6 Å². The van der Waals surface area contributed by atoms with Crippen molar-refractivity contribution in [3.63, 3.8) is 0 Å². The van der Waals surface area contributed by atoms with E-state index in [0.717, 1.165) is 6.07 Å². The number of carbonyl (C=O) groups is 1. The van der Waals surface area contributed by atoms with E-state index in [-0.39, 0.29) is 34.7 Å². The van der Waals surface area contributed by atoms with E-state index in [1.807, 2.05) is 13.8 Å². The first kappa shape index (κ1) is 26.7. The molecular formula is C23H29ClF3N3O3. The van der Waals surface area contributed by atoms with Crippen LogP contribution < -0.4 is 10.1 Å². The van der Waals surface area contributed by atoms with E-state index in [2.05, 4.69) is 15.3 Å². The van der Waals surface area contributed by atoms with Gasteiger partial charge in [0.25, 0.3) is 0 Å². The molecule has 0 fully saturated rings. The number of ether oxygens (including phenoxy) is 2. The Hall–Kier alpha value is -2.55. The fourth-order valence-electron chi connectivity index (χ4n) is 3.36. The van der Waals surface area contributed by atoms with Gasteiger partial charge < -0.3 is 14.8 Å². The molecule has 10 heteroatoms. The zero-order chi connectivity index (χ0) is 25.0. The molecule has 1 aromatic heterocycles. The van der Waals surface area contributed by atoms with Crippen LogP contribution >= 0.6 is 11.6 Å². The maximum atomic E-state index is 13.8. The Morgan fingerprint density at radius 1 is 1.12 bits per heavy atom. The first-order chi connectivity index (χ1) is 15.1. The molecule has 0 spiro atoms. The number of carbonyl (C=O) groups excluding carboxylic acids is 1. The third-order valence-electron chi connectivity index (χ3n) is 4.42. The van der Waals surface area contributed by atoms with Crippen LogP contribution in [0.2, 0.25) is 5.15 Å². The summed E-state index contributed by atoms with van der Waals surface area (Å²) in [5.74, 6) is -0.215. The molecule has 33 heavy (non-hydrogen) atoms. The Morgan fingerprint density at radius 2 is 1.79 bits per heavy atom. The van der Waals surface area contributed by atoms with Gasteiger partial charge >= 0.3 is 12.3 Å². The van der Waals surface area contributed by atoms with Gasteiger partial charge in [-0.1, -0.05) is 25.4 Å². The number of amides is 1. The van der Waals surface area contributed by atoms with E-state index in [0.29, 0.717) is 6.42 Å². The van der Waals surface area contributed by atoms with Crippen molar-refractivity contribution in [2.75, 3.05) is 6.61 Å². The molecule has 0 aliphatic rings. The molecular weight excluding hydrogens is 459 g/mol. The van der Waals surface area contributed by atoms with E-state index in [4.69, 9.17) is 21.1 Å². The van der Waals surface area contributed by atoms with E-state index in [1.54, 1.807) is 27.7 Å². The maximum absolute atomic E-state index is 13.8. The monoisotopic (exact) mass is 487 g/mol. The molecule has 182 valence electrons. The number of aromatic nitrogens is 2. The van der Waals surface area contributed by atoms with E-state index < -0.39 is 29.0 Å². The van der Waals surface area contributed by atoms with Gasteiger partial charge in [0.15, 0.2) is 0 Å². The molecule has 1 amide bonds. The summed E-state index contributed by atoms with van der Waals surface area (Å²) >= 11 is 5.84. The largest absolute Gasteiger partial charge is 0.491 e. The van der Waals surface area contributed by atoms with E-state index >= 15 is 0 Å². The summed E-state index contributed by atoms with van der Waals surface area (Å²) in [5.41, 5.74) is -2.16. The Balaban J connectivity index is 2.31. The fraction of sp³-hybridized carbons (Fsp3) is 0.522. The zero-order valence-corrected chi connectivity index (χ0v) is 20.3. The minimum absolute atomic E-state index is 0.117. The number of nitrogens with one attached hydrogen (secondary N) is 1. The SMILES string of the molecule is CC(C)C[C@@](C)(COc1ccc(-c2cc(Cl)ncn2)cc1C(F)(F)F)NC(=O)OC(C)(C)C. The molecule has 0 aliphatic heterocycles. The number of rotatable bonds is 7. The lowest BCUT2D eigenvalue weighted by atomic mass is 9.91. The first-order valence-electron chi connectivity index (χ1n) is 10.4. The van der Waals surface area contributed by atoms with Crippen molar-refractivity contribution in [3.05, 3.63) is 41.3 Å². The summed E-state index contributed by atoms with van der Waals surface area (Å²) in [4.78, 5) is 20.1. The maximum Gasteiger partial charge on any atom is 0.419 e. The highest BCUT2D eigenvalue weighted by atomic mass is 35.5. The van der Waals surface area contributed by atoms with Gasteiger partial charge in [-0.3, -0.25) is 0 Å². The number of hydrogen-bond acceptors (Lipinski definition) is 5. The average Bonchev–Trinajstić information content (AvgIpc) is 2.63. The van der Waals surface area contributed by atoms with Crippen LogP contribution in [0.5, 0.6) is 5.75 Å². The second-order valence-electron chi connectivity index (χ2n) is 9.51. The number of alkyl halides is 3. The van der Waals surface area contributed by atoms with Gasteiger partial charge in [0.05, 0.1) is 16.8 Å². The van der Waals surface area contributed by atoms with Crippen LogP contribution in [-0.2, 0) is 10.9 Å². The topological polar surface area (TPSA) is 73.3 Å². The molecule has 2 rings (SSSR count). The van der Waals surface area contributed by atoms with Crippen LogP contribution in [0.25, 0.3) is 11.3 Å². The predicted molar refractivity (Wildman–Crippen MR) is 120 cm³/mol. The molecule has 0 unspecified atom stereocenters. The summed E-state index contributed by atoms with van der Waals surface area (Å²) in [6.45, 7) is 10.6. The van der Waals surface area contributed by atoms with Crippen molar-refractivity contribution in [3.8, 4) is 17.0 Å². The van der Waals surface area contributed by atoms with Crippen molar-refractivity contribution >= 4 is 17.7 Å². The highest BCUT2D eigenvalue weighted by molar-refractivity contribution is 6.29. The molecule has 0 aliphatic carbocycles. The molecule has 0 saturated carbocycles. The number of hydrogen-bond donors (Lipinski definition) is 1. The van der Waals surface area contributed by atoms with Gasteiger partial charge in [0.2, 0.25) is 0 Å². The first-order valence-corrected chi connectivity index (χ1v) is 10.8. The quantitative estimate of drug-likeness (QED) is 0.450. The highest BCUT2D eigenvalue weighted by Gasteiger charge is 2.36. The predicted octanol–water partition coefficient (Wildman–Crippen LogP) is 6.52. The van der Waals surface area contributed by atoms with Crippen LogP contribution in [0.15, 0.2) is 30.6 Å². The van der Waals surface area contributed by atoms with Gasteiger partial charge in [-0.25, -0.2) is 14.8 Å². The van der Waals surface area contributed by atoms with Crippen molar-refractivity contribution < 1.29 is 27.4 Å². The summed E-state index contributed by atoms with van der Waals surface area (Å²) in [7, 11) is 0. The lowest BCUT2D eigenvalue weighted by Gasteiger charge is -2.33. The summed E-state index contributed by atoms with van der Waals surface area (Å²) in [6, 6.07) is 5.03. The number of nitrogens with zero attached hydrogens (tertiary/aromatic N) is 2. The van der Waals surface area contributed by atoms with Crippen LogP contribution in [0.3, 0.4) is 0 Å². The molecule has 1 atom stereocenters. The Bertz CT molecular complexity index is 977. The lowest BCUT2D eigenvalue weighted by molar-refractivity contribution is -0.139. The standard InChI is InChI=1S/C23H29ClF3N3O3/c1-14(2)11-22(6,30-20(31)33-21(3,4)5)12-32-18-8-7-15(9-16(18)23(25,26)27)17-10-19(24)29-13-28-17/h7-10,13-14H,11-12H2,1-6H3,(H,30,31)/t22-/m0/s1. The molecule has 1 aromatic carbocycles. The number of alkyl carbamates (subject to hydrolysis) is 1. The molecule has 0 radical (unpaired) electrons. The minimum Gasteiger partial charge on any atom is -0.491 e. The van der Waals surface area contributed by atoms with Crippen molar-refractivity contribution in [1.82, 2.24) is 15.3 Å². The molecule has 1 N–H and O–H groups in total. The normalized spacial score (nSPS) is 14.0. The van der Waals surface area contributed by atoms with Crippen LogP contribution in [0.4, 0.5) is 18.0 Å². The van der Waals surface area contributed by atoms with Crippen molar-refractivity contribution in [1.29, 1.82) is 0 Å². The third-order valence-corrected chi connectivity index (χ3v) is 4.63. The second-order valence-corrected chi connectivity index (χ2v) is 9.90. The molecule has 1 heterocycles. The van der Waals surface area contributed by atoms with Gasteiger partial charge in [-0.15, -0.1) is 0 Å². The van der Waals surface area contributed by atoms with Gasteiger partial charge in [-0.2, -0.15) is 13.2 Å². The summed E-state index contributed by atoms with van der Waals surface area (Å²) in [5, 5.41) is 2.87. The fourth-order valence-corrected chi connectivity index (χ4v) is 3.51. The third kappa shape index (κ3) is 8.38. The van der Waals surface area contributed by atoms with Crippen LogP contribution in [0, 0.1) is 5.92 Å². The van der Waals surface area contributed by atoms with Crippen molar-refractivity contribution in [2.24, 2.45) is 5.92 Å². The molecule has 6 nitrogen and oxygen atoms in total. The second kappa shape index (κ2) is 10.2. The van der Waals surface area contributed by atoms with Gasteiger partial charge in [-0.05, 0) is 58.2 Å². The average molecular weight is 488 g/mol. The number of halogens is 4. The molecule has 0 bridgehead atoms. The van der Waals surface area contributed by atoms with E-state index in [9.17, 15) is 18.0 Å². The Kier molecular flexibility index (Phi) is 8.22. The van der Waals surface area contributed by atoms with Crippen LogP contribution in [-0.4, -0.2) is 33.8 Å². The van der Waals surface area contributed by atoms with Gasteiger partial charge in [0.1, 0.15) is 29.4 Å². The minimum atomic E-state index is -4.67.